The zero-order chi connectivity index (χ0) is 11.9. The van der Waals surface area contributed by atoms with E-state index in [-0.39, 0.29) is 6.42 Å². The van der Waals surface area contributed by atoms with E-state index in [1.165, 1.54) is 0 Å². The van der Waals surface area contributed by atoms with E-state index in [9.17, 15) is 9.90 Å². The SMILES string of the molecule is O=C(O)CCCCCNCC1(O)CCCC1. The quantitative estimate of drug-likeness (QED) is 0.552. The van der Waals surface area contributed by atoms with Crippen LogP contribution in [-0.4, -0.2) is 34.9 Å². The van der Waals surface area contributed by atoms with Gasteiger partial charge in [-0.05, 0) is 32.2 Å². The van der Waals surface area contributed by atoms with Crippen molar-refractivity contribution in [3.63, 3.8) is 0 Å². The van der Waals surface area contributed by atoms with E-state index in [0.717, 1.165) is 51.5 Å². The molecule has 1 aliphatic rings. The molecule has 4 nitrogen and oxygen atoms in total. The average molecular weight is 229 g/mol. The number of hydrogen-bond donors (Lipinski definition) is 3. The Morgan fingerprint density at radius 2 is 1.88 bits per heavy atom. The van der Waals surface area contributed by atoms with Crippen molar-refractivity contribution in [1.29, 1.82) is 0 Å². The van der Waals surface area contributed by atoms with Crippen LogP contribution < -0.4 is 5.32 Å². The zero-order valence-electron chi connectivity index (χ0n) is 9.87. The van der Waals surface area contributed by atoms with Crippen molar-refractivity contribution in [1.82, 2.24) is 5.32 Å². The minimum absolute atomic E-state index is 0.268. The summed E-state index contributed by atoms with van der Waals surface area (Å²) >= 11 is 0. The zero-order valence-corrected chi connectivity index (χ0v) is 9.87. The Labute approximate surface area is 97.0 Å². The number of aliphatic carboxylic acids is 1. The third kappa shape index (κ3) is 5.47. The maximum Gasteiger partial charge on any atom is 0.303 e. The van der Waals surface area contributed by atoms with Gasteiger partial charge < -0.3 is 15.5 Å². The molecule has 0 amide bonds. The van der Waals surface area contributed by atoms with Gasteiger partial charge in [-0.3, -0.25) is 4.79 Å². The maximum absolute atomic E-state index is 10.3. The summed E-state index contributed by atoms with van der Waals surface area (Å²) in [7, 11) is 0. The molecule has 3 N–H and O–H groups in total. The molecule has 1 rings (SSSR count). The van der Waals surface area contributed by atoms with Crippen LogP contribution in [0.5, 0.6) is 0 Å². The highest BCUT2D eigenvalue weighted by molar-refractivity contribution is 5.66. The first-order valence-electron chi connectivity index (χ1n) is 6.27. The molecule has 0 aromatic rings. The van der Waals surface area contributed by atoms with Gasteiger partial charge in [0.2, 0.25) is 0 Å². The molecule has 0 aromatic heterocycles. The van der Waals surface area contributed by atoms with E-state index in [1.807, 2.05) is 0 Å². The summed E-state index contributed by atoms with van der Waals surface area (Å²) in [6, 6.07) is 0. The highest BCUT2D eigenvalue weighted by Crippen LogP contribution is 2.28. The first kappa shape index (κ1) is 13.5. The fourth-order valence-electron chi connectivity index (χ4n) is 2.23. The first-order chi connectivity index (χ1) is 7.62. The second-order valence-electron chi connectivity index (χ2n) is 4.81. The second-order valence-corrected chi connectivity index (χ2v) is 4.81. The lowest BCUT2D eigenvalue weighted by Crippen LogP contribution is -2.38. The highest BCUT2D eigenvalue weighted by Gasteiger charge is 2.30. The van der Waals surface area contributed by atoms with Gasteiger partial charge in [-0.25, -0.2) is 0 Å². The molecule has 1 fully saturated rings. The minimum atomic E-state index is -0.715. The number of aliphatic hydroxyl groups is 1. The highest BCUT2D eigenvalue weighted by atomic mass is 16.4. The van der Waals surface area contributed by atoms with Crippen LogP contribution >= 0.6 is 0 Å². The third-order valence-electron chi connectivity index (χ3n) is 3.23. The smallest absolute Gasteiger partial charge is 0.303 e. The van der Waals surface area contributed by atoms with Gasteiger partial charge in [0.25, 0.3) is 0 Å². The van der Waals surface area contributed by atoms with Crippen molar-refractivity contribution in [2.75, 3.05) is 13.1 Å². The first-order valence-corrected chi connectivity index (χ1v) is 6.27. The molecule has 4 heteroatoms. The van der Waals surface area contributed by atoms with E-state index in [4.69, 9.17) is 5.11 Å². The molecule has 0 heterocycles. The van der Waals surface area contributed by atoms with Crippen molar-refractivity contribution in [3.8, 4) is 0 Å². The molecule has 16 heavy (non-hydrogen) atoms. The third-order valence-corrected chi connectivity index (χ3v) is 3.23. The van der Waals surface area contributed by atoms with Crippen LogP contribution in [-0.2, 0) is 4.79 Å². The standard InChI is InChI=1S/C12H23NO3/c14-11(15)6-2-1-5-9-13-10-12(16)7-3-4-8-12/h13,16H,1-10H2,(H,14,15). The summed E-state index contributed by atoms with van der Waals surface area (Å²) in [5.41, 5.74) is -0.471. The van der Waals surface area contributed by atoms with Gasteiger partial charge in [-0.1, -0.05) is 19.3 Å². The molecular formula is C12H23NO3. The van der Waals surface area contributed by atoms with Crippen LogP contribution in [0.25, 0.3) is 0 Å². The summed E-state index contributed by atoms with van der Waals surface area (Å²) in [6.07, 6.45) is 7.05. The summed E-state index contributed by atoms with van der Waals surface area (Å²) in [6.45, 7) is 1.56. The predicted octanol–water partition coefficient (Wildman–Crippen LogP) is 1.53. The predicted molar refractivity (Wildman–Crippen MR) is 62.4 cm³/mol. The Kier molecular flexibility index (Phi) is 5.77. The van der Waals surface area contributed by atoms with Gasteiger partial charge in [0.15, 0.2) is 0 Å². The number of unbranched alkanes of at least 4 members (excludes halogenated alkanes) is 2. The van der Waals surface area contributed by atoms with Crippen LogP contribution in [0.2, 0.25) is 0 Å². The molecule has 0 radical (unpaired) electrons. The molecular weight excluding hydrogens is 206 g/mol. The van der Waals surface area contributed by atoms with Crippen molar-refractivity contribution < 1.29 is 15.0 Å². The van der Waals surface area contributed by atoms with Crippen LogP contribution in [0.4, 0.5) is 0 Å². The van der Waals surface area contributed by atoms with E-state index in [2.05, 4.69) is 5.32 Å². The number of hydrogen-bond acceptors (Lipinski definition) is 3. The van der Waals surface area contributed by atoms with E-state index in [0.29, 0.717) is 6.54 Å². The molecule has 0 aliphatic heterocycles. The van der Waals surface area contributed by atoms with Crippen molar-refractivity contribution in [2.45, 2.75) is 57.0 Å². The number of carboxylic acids is 1. The van der Waals surface area contributed by atoms with E-state index >= 15 is 0 Å². The van der Waals surface area contributed by atoms with Gasteiger partial charge in [-0.2, -0.15) is 0 Å². The topological polar surface area (TPSA) is 69.6 Å². The normalized spacial score (nSPS) is 18.8. The number of carbonyl (C=O) groups is 1. The van der Waals surface area contributed by atoms with Crippen LogP contribution in [0, 0.1) is 0 Å². The van der Waals surface area contributed by atoms with Gasteiger partial charge in [0.05, 0.1) is 5.60 Å². The average Bonchev–Trinajstić information content (AvgIpc) is 2.64. The Bertz CT molecular complexity index is 212. The molecule has 0 spiro atoms. The fourth-order valence-corrected chi connectivity index (χ4v) is 2.23. The summed E-state index contributed by atoms with van der Waals surface area (Å²) in [5, 5.41) is 21.7. The monoisotopic (exact) mass is 229 g/mol. The second kappa shape index (κ2) is 6.86. The molecule has 0 atom stereocenters. The Hall–Kier alpha value is -0.610. The molecule has 1 aliphatic carbocycles. The Morgan fingerprint density at radius 1 is 1.19 bits per heavy atom. The lowest BCUT2D eigenvalue weighted by Gasteiger charge is -2.22. The lowest BCUT2D eigenvalue weighted by atomic mass is 10.0. The Morgan fingerprint density at radius 3 is 2.50 bits per heavy atom. The van der Waals surface area contributed by atoms with Gasteiger partial charge in [0.1, 0.15) is 0 Å². The van der Waals surface area contributed by atoms with Gasteiger partial charge in [0, 0.05) is 13.0 Å². The number of rotatable bonds is 8. The number of nitrogens with one attached hydrogen (secondary N) is 1. The maximum atomic E-state index is 10.3. The lowest BCUT2D eigenvalue weighted by molar-refractivity contribution is -0.137. The van der Waals surface area contributed by atoms with Crippen LogP contribution in [0.15, 0.2) is 0 Å². The summed E-state index contributed by atoms with van der Waals surface area (Å²) < 4.78 is 0. The van der Waals surface area contributed by atoms with Gasteiger partial charge in [-0.15, -0.1) is 0 Å². The van der Waals surface area contributed by atoms with Crippen molar-refractivity contribution >= 4 is 5.97 Å². The van der Waals surface area contributed by atoms with E-state index in [1.54, 1.807) is 0 Å². The molecule has 0 saturated heterocycles. The number of carboxylic acid groups (broad SMARTS) is 1. The largest absolute Gasteiger partial charge is 0.481 e. The molecule has 0 unspecified atom stereocenters. The fraction of sp³-hybridized carbons (Fsp3) is 0.917. The Balaban J connectivity index is 1.90. The van der Waals surface area contributed by atoms with Crippen LogP contribution in [0.3, 0.4) is 0 Å². The summed E-state index contributed by atoms with van der Waals surface area (Å²) in [5.74, 6) is -0.715. The van der Waals surface area contributed by atoms with Gasteiger partial charge >= 0.3 is 5.97 Å². The minimum Gasteiger partial charge on any atom is -0.481 e. The van der Waals surface area contributed by atoms with E-state index < -0.39 is 11.6 Å². The molecule has 0 aromatic carbocycles. The van der Waals surface area contributed by atoms with Crippen molar-refractivity contribution in [2.24, 2.45) is 0 Å². The molecule has 1 saturated carbocycles. The summed E-state index contributed by atoms with van der Waals surface area (Å²) in [4.78, 5) is 10.3. The van der Waals surface area contributed by atoms with Crippen LogP contribution in [0.1, 0.15) is 51.4 Å². The molecule has 0 bridgehead atoms. The molecule has 94 valence electrons. The van der Waals surface area contributed by atoms with Crippen molar-refractivity contribution in [3.05, 3.63) is 0 Å².